The molecule has 1 fully saturated rings. The Hall–Kier alpha value is -1.61. The largest absolute Gasteiger partial charge is 0.294 e. The van der Waals surface area contributed by atoms with E-state index in [1.807, 2.05) is 6.92 Å². The number of hydrogen-bond acceptors (Lipinski definition) is 2. The lowest BCUT2D eigenvalue weighted by molar-refractivity contribution is 0.243. The van der Waals surface area contributed by atoms with Crippen LogP contribution in [0, 0.1) is 6.92 Å². The van der Waals surface area contributed by atoms with Crippen molar-refractivity contribution in [1.29, 1.82) is 0 Å². The Morgan fingerprint density at radius 1 is 1.16 bits per heavy atom. The summed E-state index contributed by atoms with van der Waals surface area (Å²) in [6.07, 6.45) is 4.66. The molecule has 0 spiro atoms. The Bertz CT molecular complexity index is 518. The van der Waals surface area contributed by atoms with E-state index < -0.39 is 0 Å². The van der Waals surface area contributed by atoms with E-state index in [2.05, 4.69) is 57.3 Å². The number of likely N-dealkylation sites (tertiary alicyclic amines) is 1. The Balaban J connectivity index is 1.64. The Morgan fingerprint density at radius 2 is 2.00 bits per heavy atom. The molecule has 1 aliphatic rings. The number of aromatic nitrogens is 2. The zero-order valence-corrected chi connectivity index (χ0v) is 11.5. The molecule has 1 aromatic heterocycles. The van der Waals surface area contributed by atoms with Crippen LogP contribution in [0.1, 0.15) is 30.1 Å². The minimum atomic E-state index is 0.595. The molecule has 3 nitrogen and oxygen atoms in total. The third-order valence-corrected chi connectivity index (χ3v) is 3.94. The molecule has 0 radical (unpaired) electrons. The van der Waals surface area contributed by atoms with Crippen molar-refractivity contribution >= 4 is 0 Å². The van der Waals surface area contributed by atoms with Gasteiger partial charge in [-0.05, 0) is 37.9 Å². The molecule has 100 valence electrons. The SMILES string of the molecule is Cc1ccn(CCN2CCC[C@@H]2c2ccccc2)n1. The molecule has 0 amide bonds. The maximum atomic E-state index is 4.46. The van der Waals surface area contributed by atoms with Gasteiger partial charge in [-0.3, -0.25) is 9.58 Å². The normalized spacial score (nSPS) is 19.9. The van der Waals surface area contributed by atoms with E-state index in [9.17, 15) is 0 Å². The van der Waals surface area contributed by atoms with E-state index in [0.29, 0.717) is 6.04 Å². The fourth-order valence-electron chi connectivity index (χ4n) is 2.97. The second-order valence-electron chi connectivity index (χ2n) is 5.32. The highest BCUT2D eigenvalue weighted by Gasteiger charge is 2.25. The first-order chi connectivity index (χ1) is 9.33. The quantitative estimate of drug-likeness (QED) is 0.837. The van der Waals surface area contributed by atoms with E-state index in [4.69, 9.17) is 0 Å². The first-order valence-corrected chi connectivity index (χ1v) is 7.12. The molecule has 0 aliphatic carbocycles. The average molecular weight is 255 g/mol. The lowest BCUT2D eigenvalue weighted by atomic mass is 10.0. The van der Waals surface area contributed by atoms with Gasteiger partial charge in [-0.2, -0.15) is 5.10 Å². The van der Waals surface area contributed by atoms with Gasteiger partial charge in [-0.1, -0.05) is 30.3 Å². The van der Waals surface area contributed by atoms with Crippen molar-refractivity contribution in [2.75, 3.05) is 13.1 Å². The first kappa shape index (κ1) is 12.4. The summed E-state index contributed by atoms with van der Waals surface area (Å²) in [5.74, 6) is 0. The lowest BCUT2D eigenvalue weighted by Gasteiger charge is -2.24. The van der Waals surface area contributed by atoms with Crippen molar-refractivity contribution in [1.82, 2.24) is 14.7 Å². The molecule has 1 saturated heterocycles. The molecule has 0 bridgehead atoms. The number of rotatable bonds is 4. The molecule has 19 heavy (non-hydrogen) atoms. The van der Waals surface area contributed by atoms with Gasteiger partial charge in [-0.15, -0.1) is 0 Å². The monoisotopic (exact) mass is 255 g/mol. The minimum Gasteiger partial charge on any atom is -0.294 e. The van der Waals surface area contributed by atoms with Gasteiger partial charge in [0, 0.05) is 18.8 Å². The highest BCUT2D eigenvalue weighted by molar-refractivity contribution is 5.19. The van der Waals surface area contributed by atoms with Gasteiger partial charge in [0.1, 0.15) is 0 Å². The van der Waals surface area contributed by atoms with E-state index in [-0.39, 0.29) is 0 Å². The van der Waals surface area contributed by atoms with Gasteiger partial charge in [0.05, 0.1) is 12.2 Å². The van der Waals surface area contributed by atoms with Crippen molar-refractivity contribution in [3.05, 3.63) is 53.9 Å². The van der Waals surface area contributed by atoms with Crippen LogP contribution >= 0.6 is 0 Å². The van der Waals surface area contributed by atoms with E-state index in [1.54, 1.807) is 0 Å². The molecular weight excluding hydrogens is 234 g/mol. The van der Waals surface area contributed by atoms with Crippen LogP contribution in [0.25, 0.3) is 0 Å². The molecule has 0 saturated carbocycles. The molecule has 3 heteroatoms. The fraction of sp³-hybridized carbons (Fsp3) is 0.438. The van der Waals surface area contributed by atoms with Gasteiger partial charge < -0.3 is 0 Å². The average Bonchev–Trinajstić information content (AvgIpc) is 3.06. The number of hydrogen-bond donors (Lipinski definition) is 0. The van der Waals surface area contributed by atoms with E-state index in [0.717, 1.165) is 18.8 Å². The standard InChI is InChI=1S/C16H21N3/c1-14-9-11-19(17-14)13-12-18-10-5-8-16(18)15-6-3-2-4-7-15/h2-4,6-7,9,11,16H,5,8,10,12-13H2,1H3/t16-/m1/s1. The molecule has 1 atom stereocenters. The third-order valence-electron chi connectivity index (χ3n) is 3.94. The van der Waals surface area contributed by atoms with Crippen molar-refractivity contribution in [2.24, 2.45) is 0 Å². The zero-order chi connectivity index (χ0) is 13.1. The van der Waals surface area contributed by atoms with Crippen LogP contribution in [-0.4, -0.2) is 27.8 Å². The molecule has 1 aliphatic heterocycles. The predicted molar refractivity (Wildman–Crippen MR) is 77.0 cm³/mol. The number of aryl methyl sites for hydroxylation is 1. The third kappa shape index (κ3) is 2.87. The highest BCUT2D eigenvalue weighted by atomic mass is 15.3. The Morgan fingerprint density at radius 3 is 2.74 bits per heavy atom. The van der Waals surface area contributed by atoms with Crippen LogP contribution in [0.2, 0.25) is 0 Å². The summed E-state index contributed by atoms with van der Waals surface area (Å²) < 4.78 is 2.05. The van der Waals surface area contributed by atoms with Crippen molar-refractivity contribution in [3.8, 4) is 0 Å². The van der Waals surface area contributed by atoms with Crippen LogP contribution in [0.3, 0.4) is 0 Å². The van der Waals surface area contributed by atoms with Gasteiger partial charge >= 0.3 is 0 Å². The van der Waals surface area contributed by atoms with Crippen molar-refractivity contribution < 1.29 is 0 Å². The Kier molecular flexibility index (Phi) is 3.65. The summed E-state index contributed by atoms with van der Waals surface area (Å²) in [6.45, 7) is 5.32. The summed E-state index contributed by atoms with van der Waals surface area (Å²) in [7, 11) is 0. The zero-order valence-electron chi connectivity index (χ0n) is 11.5. The smallest absolute Gasteiger partial charge is 0.0593 e. The predicted octanol–water partition coefficient (Wildman–Crippen LogP) is 3.03. The van der Waals surface area contributed by atoms with E-state index >= 15 is 0 Å². The van der Waals surface area contributed by atoms with Crippen molar-refractivity contribution in [2.45, 2.75) is 32.4 Å². The topological polar surface area (TPSA) is 21.1 Å². The summed E-state index contributed by atoms with van der Waals surface area (Å²) in [4.78, 5) is 2.59. The second kappa shape index (κ2) is 5.57. The molecule has 0 unspecified atom stereocenters. The lowest BCUT2D eigenvalue weighted by Crippen LogP contribution is -2.27. The molecule has 2 heterocycles. The van der Waals surface area contributed by atoms with Crippen molar-refractivity contribution in [3.63, 3.8) is 0 Å². The Labute approximate surface area is 114 Å². The van der Waals surface area contributed by atoms with Crippen LogP contribution in [0.4, 0.5) is 0 Å². The van der Waals surface area contributed by atoms with Crippen LogP contribution < -0.4 is 0 Å². The van der Waals surface area contributed by atoms with Gasteiger partial charge in [-0.25, -0.2) is 0 Å². The summed E-state index contributed by atoms with van der Waals surface area (Å²) in [5.41, 5.74) is 2.55. The molecular formula is C16H21N3. The summed E-state index contributed by atoms with van der Waals surface area (Å²) in [5, 5.41) is 4.46. The second-order valence-corrected chi connectivity index (χ2v) is 5.32. The maximum absolute atomic E-state index is 4.46. The minimum absolute atomic E-state index is 0.595. The number of nitrogens with zero attached hydrogens (tertiary/aromatic N) is 3. The first-order valence-electron chi connectivity index (χ1n) is 7.12. The van der Waals surface area contributed by atoms with Gasteiger partial charge in [0.2, 0.25) is 0 Å². The fourth-order valence-corrected chi connectivity index (χ4v) is 2.97. The number of benzene rings is 1. The van der Waals surface area contributed by atoms with Crippen LogP contribution in [0.15, 0.2) is 42.6 Å². The van der Waals surface area contributed by atoms with Gasteiger partial charge in [0.25, 0.3) is 0 Å². The summed E-state index contributed by atoms with van der Waals surface area (Å²) >= 11 is 0. The molecule has 1 aromatic carbocycles. The van der Waals surface area contributed by atoms with Crippen LogP contribution in [0.5, 0.6) is 0 Å². The van der Waals surface area contributed by atoms with E-state index in [1.165, 1.54) is 24.9 Å². The van der Waals surface area contributed by atoms with Gasteiger partial charge in [0.15, 0.2) is 0 Å². The molecule has 2 aromatic rings. The van der Waals surface area contributed by atoms with Crippen LogP contribution in [-0.2, 0) is 6.54 Å². The molecule has 0 N–H and O–H groups in total. The highest BCUT2D eigenvalue weighted by Crippen LogP contribution is 2.31. The summed E-state index contributed by atoms with van der Waals surface area (Å²) in [6, 6.07) is 13.5. The maximum Gasteiger partial charge on any atom is 0.0593 e. The molecule has 3 rings (SSSR count).